The van der Waals surface area contributed by atoms with Crippen molar-refractivity contribution in [3.8, 4) is 0 Å². The number of hydrogen-bond donors (Lipinski definition) is 2. The molecule has 1 aromatic carbocycles. The van der Waals surface area contributed by atoms with Gasteiger partial charge in [0.2, 0.25) is 5.76 Å². The van der Waals surface area contributed by atoms with Crippen LogP contribution in [0.5, 0.6) is 0 Å². The smallest absolute Gasteiger partial charge is 0.374 e. The van der Waals surface area contributed by atoms with Crippen LogP contribution in [0.2, 0.25) is 0 Å². The highest BCUT2D eigenvalue weighted by molar-refractivity contribution is 7.80. The van der Waals surface area contributed by atoms with Crippen LogP contribution in [0.25, 0.3) is 0 Å². The van der Waals surface area contributed by atoms with Crippen molar-refractivity contribution in [1.82, 2.24) is 0 Å². The highest BCUT2D eigenvalue weighted by Crippen LogP contribution is 2.22. The second-order valence-corrected chi connectivity index (χ2v) is 5.94. The van der Waals surface area contributed by atoms with E-state index >= 15 is 0 Å². The number of para-hydroxylation sites is 1. The largest absolute Gasteiger partial charge is 0.501 e. The van der Waals surface area contributed by atoms with Crippen molar-refractivity contribution in [1.29, 1.82) is 0 Å². The molecule has 0 bridgehead atoms. The Balaban J connectivity index is 3.14. The van der Waals surface area contributed by atoms with Gasteiger partial charge in [-0.2, -0.15) is 0 Å². The molecule has 0 saturated carbocycles. The van der Waals surface area contributed by atoms with E-state index in [9.17, 15) is 14.7 Å². The first kappa shape index (κ1) is 23.3. The molecule has 0 saturated heterocycles. The Morgan fingerprint density at radius 1 is 1.07 bits per heavy atom. The van der Waals surface area contributed by atoms with E-state index in [-0.39, 0.29) is 18.3 Å². The van der Waals surface area contributed by atoms with Crippen molar-refractivity contribution in [2.24, 2.45) is 4.99 Å². The Bertz CT molecular complexity index is 765. The van der Waals surface area contributed by atoms with Gasteiger partial charge in [0.1, 0.15) is 5.57 Å². The average molecular weight is 407 g/mol. The quantitative estimate of drug-likeness (QED) is 0.224. The van der Waals surface area contributed by atoms with E-state index in [1.54, 1.807) is 13.8 Å². The van der Waals surface area contributed by atoms with Crippen molar-refractivity contribution in [2.75, 3.05) is 18.5 Å². The third-order valence-corrected chi connectivity index (χ3v) is 3.97. The van der Waals surface area contributed by atoms with Gasteiger partial charge in [-0.3, -0.25) is 0 Å². The number of rotatable bonds is 8. The predicted molar refractivity (Wildman–Crippen MR) is 113 cm³/mol. The number of nitrogens with one attached hydrogen (secondary N) is 1. The molecule has 0 aliphatic carbocycles. The molecule has 0 unspecified atom stereocenters. The number of benzene rings is 1. The van der Waals surface area contributed by atoms with Crippen molar-refractivity contribution in [3.63, 3.8) is 0 Å². The molecule has 0 fully saturated rings. The fourth-order valence-corrected chi connectivity index (χ4v) is 2.55. The first-order chi connectivity index (χ1) is 13.4. The molecule has 8 heteroatoms. The summed E-state index contributed by atoms with van der Waals surface area (Å²) >= 11 is 5.24. The summed E-state index contributed by atoms with van der Waals surface area (Å²) in [4.78, 5) is 27.8. The van der Waals surface area contributed by atoms with E-state index in [4.69, 9.17) is 21.7 Å². The summed E-state index contributed by atoms with van der Waals surface area (Å²) in [7, 11) is 0. The maximum atomic E-state index is 12.1. The molecule has 0 heterocycles. The summed E-state index contributed by atoms with van der Waals surface area (Å²) in [6.07, 6.45) is 2.61. The van der Waals surface area contributed by atoms with Crippen LogP contribution in [0.15, 0.2) is 34.5 Å². The molecule has 152 valence electrons. The third-order valence-electron chi connectivity index (χ3n) is 3.76. The lowest BCUT2D eigenvalue weighted by molar-refractivity contribution is -0.143. The second kappa shape index (κ2) is 11.9. The molecule has 7 nitrogen and oxygen atoms in total. The van der Waals surface area contributed by atoms with Gasteiger partial charge >= 0.3 is 11.9 Å². The van der Waals surface area contributed by atoms with Gasteiger partial charge in [-0.1, -0.05) is 32.0 Å². The van der Waals surface area contributed by atoms with Gasteiger partial charge in [0.25, 0.3) is 0 Å². The van der Waals surface area contributed by atoms with Crippen molar-refractivity contribution in [2.45, 2.75) is 40.5 Å². The minimum absolute atomic E-state index is 0.0453. The normalized spacial score (nSPS) is 11.7. The summed E-state index contributed by atoms with van der Waals surface area (Å²) in [6.45, 7) is 7.37. The highest BCUT2D eigenvalue weighted by Gasteiger charge is 2.21. The molecule has 1 rings (SSSR count). The van der Waals surface area contributed by atoms with Gasteiger partial charge in [-0.15, -0.1) is 0 Å². The molecule has 0 atom stereocenters. The van der Waals surface area contributed by atoms with Crippen LogP contribution in [0.1, 0.15) is 38.8 Å². The molecule has 0 spiro atoms. The Kier molecular flexibility index (Phi) is 9.87. The summed E-state index contributed by atoms with van der Waals surface area (Å²) in [5, 5.41) is 13.2. The molecule has 0 radical (unpaired) electrons. The van der Waals surface area contributed by atoms with E-state index in [2.05, 4.69) is 10.3 Å². The van der Waals surface area contributed by atoms with Gasteiger partial charge in [0.15, 0.2) is 5.11 Å². The number of hydrogen-bond acceptors (Lipinski definition) is 6. The van der Waals surface area contributed by atoms with Gasteiger partial charge in [-0.05, 0) is 50.0 Å². The number of aliphatic imine (C=N–C) groups is 1. The summed E-state index contributed by atoms with van der Waals surface area (Å²) in [5.41, 5.74) is 2.59. The Labute approximate surface area is 170 Å². The standard InChI is InChI=1S/C20H26N2O5S/c1-5-13-10-9-11-14(6-2)16(13)22-20(28)21-12-15(18(24)26-7-3)17(23)19(25)27-8-4/h9-12,23H,5-8H2,1-4H3,(H,22,28). The molecular formula is C20H26N2O5S. The number of aryl methyl sites for hydroxylation is 2. The van der Waals surface area contributed by atoms with E-state index in [0.717, 1.165) is 35.9 Å². The zero-order valence-electron chi connectivity index (χ0n) is 16.6. The average Bonchev–Trinajstić information content (AvgIpc) is 2.68. The van der Waals surface area contributed by atoms with Crippen LogP contribution in [-0.2, 0) is 31.9 Å². The number of esters is 2. The molecule has 2 N–H and O–H groups in total. The highest BCUT2D eigenvalue weighted by atomic mass is 32.1. The minimum atomic E-state index is -1.04. The molecule has 0 aromatic heterocycles. The van der Waals surface area contributed by atoms with Crippen molar-refractivity contribution >= 4 is 41.2 Å². The van der Waals surface area contributed by atoms with E-state index in [1.807, 2.05) is 32.0 Å². The second-order valence-electron chi connectivity index (χ2n) is 5.55. The lowest BCUT2D eigenvalue weighted by atomic mass is 10.0. The van der Waals surface area contributed by atoms with Crippen molar-refractivity contribution in [3.05, 3.63) is 40.7 Å². The molecule has 0 amide bonds. The summed E-state index contributed by atoms with van der Waals surface area (Å²) in [5.74, 6) is -2.82. The molecule has 1 aromatic rings. The molecule has 0 aliphatic heterocycles. The maximum Gasteiger partial charge on any atom is 0.374 e. The first-order valence-electron chi connectivity index (χ1n) is 9.12. The fourth-order valence-electron chi connectivity index (χ4n) is 2.39. The number of aliphatic hydroxyl groups is 1. The van der Waals surface area contributed by atoms with Gasteiger partial charge in [-0.25, -0.2) is 14.6 Å². The Morgan fingerprint density at radius 3 is 2.11 bits per heavy atom. The maximum absolute atomic E-state index is 12.1. The monoisotopic (exact) mass is 406 g/mol. The van der Waals surface area contributed by atoms with Gasteiger partial charge in [0.05, 0.1) is 13.2 Å². The van der Waals surface area contributed by atoms with Crippen LogP contribution < -0.4 is 5.32 Å². The van der Waals surface area contributed by atoms with Crippen LogP contribution in [0.4, 0.5) is 5.69 Å². The zero-order chi connectivity index (χ0) is 21.1. The zero-order valence-corrected chi connectivity index (χ0v) is 17.4. The number of ether oxygens (including phenoxy) is 2. The SMILES string of the molecule is CCOC(=O)C(O)=C(C=NC(=S)Nc1c(CC)cccc1CC)C(=O)OCC. The number of thiocarbonyl (C=S) groups is 1. The van der Waals surface area contributed by atoms with Gasteiger partial charge < -0.3 is 19.9 Å². The predicted octanol–water partition coefficient (Wildman–Crippen LogP) is 3.52. The van der Waals surface area contributed by atoms with E-state index in [0.29, 0.717) is 0 Å². The van der Waals surface area contributed by atoms with Crippen LogP contribution in [0.3, 0.4) is 0 Å². The van der Waals surface area contributed by atoms with Crippen LogP contribution in [0, 0.1) is 0 Å². The van der Waals surface area contributed by atoms with Crippen LogP contribution in [-0.4, -0.2) is 41.6 Å². The Hall–Kier alpha value is -2.74. The van der Waals surface area contributed by atoms with Gasteiger partial charge in [0, 0.05) is 11.9 Å². The molecule has 28 heavy (non-hydrogen) atoms. The number of carbonyl (C=O) groups is 2. The molecular weight excluding hydrogens is 380 g/mol. The van der Waals surface area contributed by atoms with Crippen molar-refractivity contribution < 1.29 is 24.2 Å². The fraction of sp³-hybridized carbons (Fsp3) is 0.400. The number of nitrogens with zero attached hydrogens (tertiary/aromatic N) is 1. The van der Waals surface area contributed by atoms with E-state index in [1.165, 1.54) is 0 Å². The number of aliphatic hydroxyl groups excluding tert-OH is 1. The first-order valence-corrected chi connectivity index (χ1v) is 9.53. The lowest BCUT2D eigenvalue weighted by Gasteiger charge is -2.14. The summed E-state index contributed by atoms with van der Waals surface area (Å²) < 4.78 is 9.57. The van der Waals surface area contributed by atoms with E-state index < -0.39 is 23.3 Å². The topological polar surface area (TPSA) is 97.2 Å². The third kappa shape index (κ3) is 6.45. The number of anilines is 1. The summed E-state index contributed by atoms with van der Waals surface area (Å²) in [6, 6.07) is 5.96. The Morgan fingerprint density at radius 2 is 1.61 bits per heavy atom. The minimum Gasteiger partial charge on any atom is -0.501 e. The lowest BCUT2D eigenvalue weighted by Crippen LogP contribution is -2.18. The number of carbonyl (C=O) groups excluding carboxylic acids is 2. The molecule has 0 aliphatic rings. The van der Waals surface area contributed by atoms with Crippen LogP contribution >= 0.6 is 12.2 Å².